The molecule has 0 bridgehead atoms. The zero-order valence-corrected chi connectivity index (χ0v) is 17.5. The molecular weight excluding hydrogens is 400 g/mol. The predicted octanol–water partition coefficient (Wildman–Crippen LogP) is 3.20. The third kappa shape index (κ3) is 4.07. The molecule has 3 rings (SSSR count). The number of carbonyl (C=O) groups is 1. The number of aromatic nitrogens is 2. The number of nitrogens with one attached hydrogen (secondary N) is 1. The van der Waals surface area contributed by atoms with Crippen LogP contribution in [0.25, 0.3) is 0 Å². The van der Waals surface area contributed by atoms with Crippen molar-refractivity contribution in [3.8, 4) is 0 Å². The third-order valence-corrected chi connectivity index (χ3v) is 6.68. The molecule has 0 aliphatic carbocycles. The van der Waals surface area contributed by atoms with Crippen LogP contribution in [0.15, 0.2) is 39.2 Å². The van der Waals surface area contributed by atoms with Crippen LogP contribution in [0.3, 0.4) is 0 Å². The fraction of sp³-hybridized carbons (Fsp3) is 0.278. The smallest absolute Gasteiger partial charge is 0.270 e. The van der Waals surface area contributed by atoms with E-state index in [1.807, 2.05) is 19.9 Å². The number of rotatable bonds is 6. The van der Waals surface area contributed by atoms with Crippen molar-refractivity contribution in [3.63, 3.8) is 0 Å². The molecular formula is C18H20N4O4S2. The highest BCUT2D eigenvalue weighted by Crippen LogP contribution is 2.29. The largest absolute Gasteiger partial charge is 0.360 e. The van der Waals surface area contributed by atoms with Crippen molar-refractivity contribution >= 4 is 38.1 Å². The van der Waals surface area contributed by atoms with Gasteiger partial charge >= 0.3 is 0 Å². The highest BCUT2D eigenvalue weighted by atomic mass is 32.2. The molecule has 0 radical (unpaired) electrons. The maximum atomic E-state index is 13.4. The van der Waals surface area contributed by atoms with Gasteiger partial charge in [-0.15, -0.1) is 11.3 Å². The zero-order valence-electron chi connectivity index (χ0n) is 15.9. The maximum absolute atomic E-state index is 13.4. The first-order chi connectivity index (χ1) is 13.2. The lowest BCUT2D eigenvalue weighted by Gasteiger charge is -2.24. The second kappa shape index (κ2) is 7.72. The second-order valence-electron chi connectivity index (χ2n) is 6.40. The summed E-state index contributed by atoms with van der Waals surface area (Å²) in [5.41, 5.74) is 2.41. The molecule has 148 valence electrons. The van der Waals surface area contributed by atoms with Crippen LogP contribution in [-0.2, 0) is 14.8 Å². The first-order valence-corrected chi connectivity index (χ1v) is 10.7. The van der Waals surface area contributed by atoms with E-state index >= 15 is 0 Å². The van der Waals surface area contributed by atoms with Crippen molar-refractivity contribution in [1.29, 1.82) is 0 Å². The Balaban J connectivity index is 2.05. The van der Waals surface area contributed by atoms with Gasteiger partial charge in [0.2, 0.25) is 5.91 Å². The van der Waals surface area contributed by atoms with Gasteiger partial charge in [-0.1, -0.05) is 11.2 Å². The second-order valence-corrected chi connectivity index (χ2v) is 9.09. The summed E-state index contributed by atoms with van der Waals surface area (Å²) in [5.74, 6) is -0.323. The van der Waals surface area contributed by atoms with Gasteiger partial charge in [0.05, 0.1) is 5.69 Å². The molecule has 3 aromatic rings. The molecule has 10 heteroatoms. The number of aryl methyl sites for hydroxylation is 4. The van der Waals surface area contributed by atoms with Crippen LogP contribution >= 0.6 is 11.3 Å². The van der Waals surface area contributed by atoms with Crippen molar-refractivity contribution < 1.29 is 17.7 Å². The molecule has 1 N–H and O–H groups in total. The number of hydrogen-bond acceptors (Lipinski definition) is 7. The fourth-order valence-corrected chi connectivity index (χ4v) is 5.18. The van der Waals surface area contributed by atoms with Gasteiger partial charge in [-0.25, -0.2) is 13.4 Å². The van der Waals surface area contributed by atoms with Gasteiger partial charge in [0, 0.05) is 11.6 Å². The minimum atomic E-state index is -4.08. The van der Waals surface area contributed by atoms with Gasteiger partial charge in [0.1, 0.15) is 12.2 Å². The fourth-order valence-electron chi connectivity index (χ4n) is 2.94. The third-order valence-electron chi connectivity index (χ3n) is 3.98. The Bertz CT molecular complexity index is 1070. The van der Waals surface area contributed by atoms with Gasteiger partial charge in [-0.3, -0.25) is 9.10 Å². The van der Waals surface area contributed by atoms with E-state index in [0.717, 1.165) is 15.4 Å². The quantitative estimate of drug-likeness (QED) is 0.656. The van der Waals surface area contributed by atoms with Crippen molar-refractivity contribution in [2.24, 2.45) is 0 Å². The van der Waals surface area contributed by atoms with Crippen molar-refractivity contribution in [2.75, 3.05) is 16.2 Å². The Morgan fingerprint density at radius 3 is 2.39 bits per heavy atom. The van der Waals surface area contributed by atoms with E-state index in [0.29, 0.717) is 10.8 Å². The molecule has 0 aliphatic heterocycles. The maximum Gasteiger partial charge on any atom is 0.270 e. The molecule has 1 amide bonds. The van der Waals surface area contributed by atoms with E-state index in [2.05, 4.69) is 15.5 Å². The monoisotopic (exact) mass is 420 g/mol. The molecule has 0 spiro atoms. The molecule has 0 unspecified atom stereocenters. The van der Waals surface area contributed by atoms with Crippen LogP contribution in [0.2, 0.25) is 0 Å². The lowest BCUT2D eigenvalue weighted by molar-refractivity contribution is -0.114. The number of thiazole rings is 1. The summed E-state index contributed by atoms with van der Waals surface area (Å²) in [5, 5.41) is 8.49. The van der Waals surface area contributed by atoms with Crippen molar-refractivity contribution in [3.05, 3.63) is 52.4 Å². The SMILES string of the molecule is Cc1cc(C)cc(N(CC(=O)Nc2nccs2)S(=O)(=O)c2c(C)noc2C)c1. The normalized spacial score (nSPS) is 11.4. The highest BCUT2D eigenvalue weighted by Gasteiger charge is 2.33. The Labute approximate surface area is 167 Å². The average Bonchev–Trinajstić information content (AvgIpc) is 3.21. The zero-order chi connectivity index (χ0) is 20.5. The number of carbonyl (C=O) groups excluding carboxylic acids is 1. The van der Waals surface area contributed by atoms with Crippen LogP contribution in [0.1, 0.15) is 22.6 Å². The minimum absolute atomic E-state index is 0.0336. The summed E-state index contributed by atoms with van der Waals surface area (Å²) in [6, 6.07) is 5.37. The number of amides is 1. The van der Waals surface area contributed by atoms with E-state index in [9.17, 15) is 13.2 Å². The highest BCUT2D eigenvalue weighted by molar-refractivity contribution is 7.93. The summed E-state index contributed by atoms with van der Waals surface area (Å²) in [6.07, 6.45) is 1.56. The van der Waals surface area contributed by atoms with Crippen LogP contribution < -0.4 is 9.62 Å². The van der Waals surface area contributed by atoms with Gasteiger partial charge in [-0.05, 0) is 51.0 Å². The van der Waals surface area contributed by atoms with Crippen molar-refractivity contribution in [2.45, 2.75) is 32.6 Å². The van der Waals surface area contributed by atoms with E-state index < -0.39 is 22.5 Å². The van der Waals surface area contributed by atoms with E-state index in [-0.39, 0.29) is 16.3 Å². The predicted molar refractivity (Wildman–Crippen MR) is 107 cm³/mol. The molecule has 8 nitrogen and oxygen atoms in total. The average molecular weight is 421 g/mol. The number of benzene rings is 1. The summed E-state index contributed by atoms with van der Waals surface area (Å²) in [4.78, 5) is 16.5. The van der Waals surface area contributed by atoms with Crippen LogP contribution in [0.4, 0.5) is 10.8 Å². The lowest BCUT2D eigenvalue weighted by Crippen LogP contribution is -2.38. The molecule has 2 heterocycles. The molecule has 28 heavy (non-hydrogen) atoms. The standard InChI is InChI=1S/C18H20N4O4S2/c1-11-7-12(2)9-15(8-11)22(10-16(23)20-18-19-5-6-27-18)28(24,25)17-13(3)21-26-14(17)4/h5-9H,10H2,1-4H3,(H,19,20,23). The summed E-state index contributed by atoms with van der Waals surface area (Å²) in [6.45, 7) is 6.41. The topological polar surface area (TPSA) is 105 Å². The van der Waals surface area contributed by atoms with Gasteiger partial charge < -0.3 is 9.84 Å². The van der Waals surface area contributed by atoms with Crippen LogP contribution in [-0.4, -0.2) is 31.0 Å². The molecule has 0 aliphatic rings. The lowest BCUT2D eigenvalue weighted by atomic mass is 10.1. The molecule has 2 aromatic heterocycles. The Morgan fingerprint density at radius 1 is 1.18 bits per heavy atom. The van der Waals surface area contributed by atoms with Gasteiger partial charge in [0.15, 0.2) is 15.8 Å². The summed E-state index contributed by atoms with van der Waals surface area (Å²) < 4.78 is 33.0. The number of nitrogens with zero attached hydrogens (tertiary/aromatic N) is 3. The van der Waals surface area contributed by atoms with Gasteiger partial charge in [-0.2, -0.15) is 0 Å². The first-order valence-electron chi connectivity index (χ1n) is 8.41. The van der Waals surface area contributed by atoms with Crippen LogP contribution in [0.5, 0.6) is 0 Å². The van der Waals surface area contributed by atoms with Crippen LogP contribution in [0, 0.1) is 27.7 Å². The molecule has 0 fully saturated rings. The summed E-state index contributed by atoms with van der Waals surface area (Å²) in [7, 11) is -4.08. The minimum Gasteiger partial charge on any atom is -0.360 e. The Kier molecular flexibility index (Phi) is 5.52. The number of sulfonamides is 1. The van der Waals surface area contributed by atoms with Crippen molar-refractivity contribution in [1.82, 2.24) is 10.1 Å². The van der Waals surface area contributed by atoms with E-state index in [4.69, 9.17) is 4.52 Å². The number of anilines is 2. The number of hydrogen-bond donors (Lipinski definition) is 1. The van der Waals surface area contributed by atoms with Gasteiger partial charge in [0.25, 0.3) is 10.0 Å². The Morgan fingerprint density at radius 2 is 1.86 bits per heavy atom. The van der Waals surface area contributed by atoms with E-state index in [1.165, 1.54) is 18.3 Å². The van der Waals surface area contributed by atoms with E-state index in [1.54, 1.807) is 30.6 Å². The molecule has 0 atom stereocenters. The first kappa shape index (κ1) is 20.0. The Hall–Kier alpha value is -2.72. The molecule has 1 aromatic carbocycles. The summed E-state index contributed by atoms with van der Waals surface area (Å²) >= 11 is 1.25. The molecule has 0 saturated heterocycles. The molecule has 0 saturated carbocycles.